The zero-order valence-electron chi connectivity index (χ0n) is 18.2. The van der Waals surface area contributed by atoms with Crippen molar-refractivity contribution in [2.75, 3.05) is 18.1 Å². The van der Waals surface area contributed by atoms with Crippen molar-refractivity contribution in [2.24, 2.45) is 0 Å². The molecule has 4 rings (SSSR count). The fraction of sp³-hybridized carbons (Fsp3) is 0.360. The highest BCUT2D eigenvalue weighted by Crippen LogP contribution is 2.46. The van der Waals surface area contributed by atoms with E-state index < -0.39 is 5.92 Å². The second-order valence-corrected chi connectivity index (χ2v) is 10.7. The maximum atomic E-state index is 13.5. The summed E-state index contributed by atoms with van der Waals surface area (Å²) < 4.78 is 5.61. The Hall–Kier alpha value is -2.02. The molecule has 1 N–H and O–H groups in total. The number of thioether (sulfide) groups is 1. The van der Waals surface area contributed by atoms with Crippen molar-refractivity contribution in [1.29, 1.82) is 0 Å². The lowest BCUT2D eigenvalue weighted by Crippen LogP contribution is -2.36. The monoisotopic (exact) mass is 487 g/mol. The minimum Gasteiger partial charge on any atom is -0.461 e. The van der Waals surface area contributed by atoms with Gasteiger partial charge in [-0.15, -0.1) is 11.3 Å². The second-order valence-electron chi connectivity index (χ2n) is 7.92. The molecule has 0 saturated carbocycles. The number of Topliss-reactive ketones (excluding diaryl/α,β-unsaturated/α-hetero) is 1. The SMILES string of the molecule is CCSCCOC(=O)C1=C(C)NC2=C(C(=O)C[C@H](c3cccs3)C2)[C@H]1c1cccc(Cl)c1. The molecule has 0 fully saturated rings. The molecule has 0 unspecified atom stereocenters. The molecule has 0 radical (unpaired) electrons. The lowest BCUT2D eigenvalue weighted by Gasteiger charge is -2.36. The molecule has 1 aromatic carbocycles. The lowest BCUT2D eigenvalue weighted by molar-refractivity contribution is -0.138. The maximum Gasteiger partial charge on any atom is 0.336 e. The van der Waals surface area contributed by atoms with Crippen molar-refractivity contribution in [3.63, 3.8) is 0 Å². The van der Waals surface area contributed by atoms with Crippen LogP contribution in [0.3, 0.4) is 0 Å². The van der Waals surface area contributed by atoms with Crippen LogP contribution in [-0.2, 0) is 14.3 Å². The number of dihydropyridines is 1. The van der Waals surface area contributed by atoms with Crippen LogP contribution in [0.15, 0.2) is 64.3 Å². The molecule has 2 heterocycles. The molecule has 4 nitrogen and oxygen atoms in total. The zero-order chi connectivity index (χ0) is 22.7. The van der Waals surface area contributed by atoms with E-state index in [4.69, 9.17) is 16.3 Å². The highest BCUT2D eigenvalue weighted by atomic mass is 35.5. The molecule has 1 aliphatic heterocycles. The van der Waals surface area contributed by atoms with Crippen LogP contribution in [0.5, 0.6) is 0 Å². The summed E-state index contributed by atoms with van der Waals surface area (Å²) in [7, 11) is 0. The van der Waals surface area contributed by atoms with Crippen LogP contribution >= 0.6 is 34.7 Å². The van der Waals surface area contributed by atoms with Gasteiger partial charge in [0.25, 0.3) is 0 Å². The minimum atomic E-state index is -0.479. The summed E-state index contributed by atoms with van der Waals surface area (Å²) in [5, 5.41) is 6.01. The molecule has 0 bridgehead atoms. The summed E-state index contributed by atoms with van der Waals surface area (Å²) in [6, 6.07) is 11.5. The van der Waals surface area contributed by atoms with E-state index in [0.29, 0.717) is 29.2 Å². The van der Waals surface area contributed by atoms with Crippen molar-refractivity contribution in [1.82, 2.24) is 5.32 Å². The highest BCUT2D eigenvalue weighted by Gasteiger charge is 2.41. The van der Waals surface area contributed by atoms with Gasteiger partial charge in [0.1, 0.15) is 6.61 Å². The number of hydrogen-bond acceptors (Lipinski definition) is 6. The number of rotatable bonds is 7. The molecule has 1 aliphatic carbocycles. The first-order chi connectivity index (χ1) is 15.5. The summed E-state index contributed by atoms with van der Waals surface area (Å²) in [6.45, 7) is 4.31. The number of carbonyl (C=O) groups excluding carboxylic acids is 2. The van der Waals surface area contributed by atoms with E-state index >= 15 is 0 Å². The molecule has 1 aromatic heterocycles. The number of carbonyl (C=O) groups is 2. The third-order valence-corrected chi connectivity index (χ3v) is 7.97. The van der Waals surface area contributed by atoms with Gasteiger partial charge in [0.15, 0.2) is 5.78 Å². The van der Waals surface area contributed by atoms with Gasteiger partial charge in [-0.25, -0.2) is 4.79 Å². The van der Waals surface area contributed by atoms with Gasteiger partial charge in [0.2, 0.25) is 0 Å². The topological polar surface area (TPSA) is 55.4 Å². The fourth-order valence-corrected chi connectivity index (χ4v) is 5.99. The van der Waals surface area contributed by atoms with Crippen molar-refractivity contribution in [3.8, 4) is 0 Å². The van der Waals surface area contributed by atoms with Crippen LogP contribution in [0.4, 0.5) is 0 Å². The number of hydrogen-bond donors (Lipinski definition) is 1. The average Bonchev–Trinajstić information content (AvgIpc) is 3.30. The summed E-state index contributed by atoms with van der Waals surface area (Å²) in [5.41, 5.74) is 3.64. The van der Waals surface area contributed by atoms with Gasteiger partial charge in [-0.3, -0.25) is 4.79 Å². The third kappa shape index (κ3) is 4.82. The first-order valence-electron chi connectivity index (χ1n) is 10.8. The number of ketones is 1. The van der Waals surface area contributed by atoms with Crippen LogP contribution < -0.4 is 5.32 Å². The molecular formula is C25H26ClNO3S2. The van der Waals surface area contributed by atoms with Gasteiger partial charge >= 0.3 is 5.97 Å². The quantitative estimate of drug-likeness (QED) is 0.380. The predicted molar refractivity (Wildman–Crippen MR) is 132 cm³/mol. The fourth-order valence-electron chi connectivity index (χ4n) is 4.47. The summed E-state index contributed by atoms with van der Waals surface area (Å²) in [5.74, 6) is 1.09. The highest BCUT2D eigenvalue weighted by molar-refractivity contribution is 7.99. The van der Waals surface area contributed by atoms with E-state index in [1.54, 1.807) is 29.2 Å². The van der Waals surface area contributed by atoms with E-state index in [2.05, 4.69) is 18.3 Å². The van der Waals surface area contributed by atoms with E-state index in [1.807, 2.05) is 36.6 Å². The van der Waals surface area contributed by atoms with Crippen LogP contribution in [0.2, 0.25) is 5.02 Å². The van der Waals surface area contributed by atoms with Crippen molar-refractivity contribution < 1.29 is 14.3 Å². The molecule has 2 aromatic rings. The Morgan fingerprint density at radius 3 is 2.84 bits per heavy atom. The maximum absolute atomic E-state index is 13.5. The summed E-state index contributed by atoms with van der Waals surface area (Å²) in [6.07, 6.45) is 1.18. The largest absolute Gasteiger partial charge is 0.461 e. The Bertz CT molecular complexity index is 1070. The first kappa shape index (κ1) is 23.1. The van der Waals surface area contributed by atoms with E-state index in [0.717, 1.165) is 34.9 Å². The number of nitrogens with one attached hydrogen (secondary N) is 1. The molecule has 0 spiro atoms. The zero-order valence-corrected chi connectivity index (χ0v) is 20.5. The number of halogens is 1. The van der Waals surface area contributed by atoms with E-state index in [-0.39, 0.29) is 17.7 Å². The van der Waals surface area contributed by atoms with Gasteiger partial charge in [0, 0.05) is 50.9 Å². The third-order valence-electron chi connectivity index (χ3n) is 5.84. The number of esters is 1. The summed E-state index contributed by atoms with van der Waals surface area (Å²) >= 11 is 9.70. The van der Waals surface area contributed by atoms with Crippen molar-refractivity contribution >= 4 is 46.5 Å². The van der Waals surface area contributed by atoms with Crippen molar-refractivity contribution in [2.45, 2.75) is 38.5 Å². The number of allylic oxidation sites excluding steroid dienone is 3. The molecule has 2 atom stereocenters. The first-order valence-corrected chi connectivity index (χ1v) is 13.2. The molecule has 2 aliphatic rings. The van der Waals surface area contributed by atoms with Crippen LogP contribution in [0, 0.1) is 0 Å². The molecule has 32 heavy (non-hydrogen) atoms. The molecule has 7 heteroatoms. The van der Waals surface area contributed by atoms with Gasteiger partial charge in [0.05, 0.1) is 5.57 Å². The van der Waals surface area contributed by atoms with Crippen molar-refractivity contribution in [3.05, 3.63) is 79.8 Å². The molecule has 168 valence electrons. The Morgan fingerprint density at radius 2 is 2.12 bits per heavy atom. The van der Waals surface area contributed by atoms with Crippen LogP contribution in [0.25, 0.3) is 0 Å². The minimum absolute atomic E-state index is 0.0708. The number of thiophene rings is 1. The predicted octanol–water partition coefficient (Wildman–Crippen LogP) is 6.06. The van der Waals surface area contributed by atoms with Crippen LogP contribution in [-0.4, -0.2) is 29.9 Å². The normalized spacial score (nSPS) is 20.8. The standard InChI is InChI=1S/C25H26ClNO3S2/c1-3-31-11-9-30-25(29)22-15(2)27-19-13-17(21-8-5-10-32-21)14-20(28)24(19)23(22)16-6-4-7-18(26)12-16/h4-8,10,12,17,23,27H,3,9,11,13-14H2,1-2H3/t17-,23+/m1/s1. The Kier molecular flexibility index (Phi) is 7.44. The van der Waals surface area contributed by atoms with Gasteiger partial charge in [-0.05, 0) is 48.2 Å². The van der Waals surface area contributed by atoms with E-state index in [9.17, 15) is 9.59 Å². The number of benzene rings is 1. The Balaban J connectivity index is 1.71. The van der Waals surface area contributed by atoms with E-state index in [1.165, 1.54) is 4.88 Å². The Labute approximate surface area is 202 Å². The lowest BCUT2D eigenvalue weighted by atomic mass is 9.72. The van der Waals surface area contributed by atoms with Gasteiger partial charge in [-0.1, -0.05) is 36.7 Å². The molecule has 0 saturated heterocycles. The smallest absolute Gasteiger partial charge is 0.336 e. The average molecular weight is 488 g/mol. The van der Waals surface area contributed by atoms with Gasteiger partial charge < -0.3 is 10.1 Å². The molecule has 0 amide bonds. The summed E-state index contributed by atoms with van der Waals surface area (Å²) in [4.78, 5) is 27.9. The van der Waals surface area contributed by atoms with Crippen LogP contribution in [0.1, 0.15) is 49.0 Å². The Morgan fingerprint density at radius 1 is 1.28 bits per heavy atom. The molecular weight excluding hydrogens is 462 g/mol. The number of ether oxygens (including phenoxy) is 1. The van der Waals surface area contributed by atoms with Gasteiger partial charge in [-0.2, -0.15) is 11.8 Å². The second kappa shape index (κ2) is 10.3.